The Balaban J connectivity index is 1.48. The monoisotopic (exact) mass is 445 g/mol. The predicted molar refractivity (Wildman–Crippen MR) is 122 cm³/mol. The van der Waals surface area contributed by atoms with Crippen molar-refractivity contribution < 1.29 is 9.18 Å². The van der Waals surface area contributed by atoms with Crippen LogP contribution in [0.1, 0.15) is 46.0 Å². The summed E-state index contributed by atoms with van der Waals surface area (Å²) < 4.78 is 15.1. The quantitative estimate of drug-likeness (QED) is 0.607. The molecule has 0 radical (unpaired) electrons. The first kappa shape index (κ1) is 22.2. The SMILES string of the molecule is Cc1cc(F)cc(CNc2ncc3n(c2=O)C(C(=O)NCc2ccc(C#N)cc2C)CC3)c1. The van der Waals surface area contributed by atoms with Gasteiger partial charge in [-0.05, 0) is 73.2 Å². The van der Waals surface area contributed by atoms with Crippen molar-refractivity contribution in [2.75, 3.05) is 5.32 Å². The Hall–Kier alpha value is -3.99. The van der Waals surface area contributed by atoms with Gasteiger partial charge in [-0.1, -0.05) is 12.1 Å². The molecule has 168 valence electrons. The van der Waals surface area contributed by atoms with Gasteiger partial charge in [-0.25, -0.2) is 9.37 Å². The number of anilines is 1. The number of fused-ring (bicyclic) bond motifs is 1. The summed E-state index contributed by atoms with van der Waals surface area (Å²) in [6.45, 7) is 4.25. The maximum absolute atomic E-state index is 13.6. The molecule has 1 amide bonds. The van der Waals surface area contributed by atoms with Crippen LogP contribution in [0.3, 0.4) is 0 Å². The zero-order chi connectivity index (χ0) is 23.5. The molecule has 1 aromatic heterocycles. The lowest BCUT2D eigenvalue weighted by atomic mass is 10.1. The van der Waals surface area contributed by atoms with Gasteiger partial charge in [0.25, 0.3) is 5.56 Å². The van der Waals surface area contributed by atoms with Gasteiger partial charge < -0.3 is 10.6 Å². The van der Waals surface area contributed by atoms with Crippen LogP contribution >= 0.6 is 0 Å². The second-order valence-electron chi connectivity index (χ2n) is 8.29. The lowest BCUT2D eigenvalue weighted by molar-refractivity contribution is -0.124. The minimum Gasteiger partial charge on any atom is -0.361 e. The number of benzene rings is 2. The molecule has 0 fully saturated rings. The van der Waals surface area contributed by atoms with Crippen molar-refractivity contribution in [2.24, 2.45) is 0 Å². The maximum Gasteiger partial charge on any atom is 0.294 e. The zero-order valence-electron chi connectivity index (χ0n) is 18.5. The second-order valence-corrected chi connectivity index (χ2v) is 8.29. The highest BCUT2D eigenvalue weighted by atomic mass is 19.1. The molecule has 8 heteroatoms. The third-order valence-corrected chi connectivity index (χ3v) is 5.85. The number of amides is 1. The summed E-state index contributed by atoms with van der Waals surface area (Å²) in [7, 11) is 0. The first-order valence-electron chi connectivity index (χ1n) is 10.7. The van der Waals surface area contributed by atoms with Crippen molar-refractivity contribution in [3.8, 4) is 6.07 Å². The summed E-state index contributed by atoms with van der Waals surface area (Å²) in [5.74, 6) is -0.444. The molecule has 7 nitrogen and oxygen atoms in total. The van der Waals surface area contributed by atoms with Crippen LogP contribution in [0.4, 0.5) is 10.2 Å². The van der Waals surface area contributed by atoms with Gasteiger partial charge in [-0.3, -0.25) is 14.2 Å². The van der Waals surface area contributed by atoms with E-state index in [1.165, 1.54) is 16.7 Å². The highest BCUT2D eigenvalue weighted by molar-refractivity contribution is 5.81. The van der Waals surface area contributed by atoms with Gasteiger partial charge in [0.15, 0.2) is 5.82 Å². The number of nitrogens with zero attached hydrogens (tertiary/aromatic N) is 3. The summed E-state index contributed by atoms with van der Waals surface area (Å²) in [6, 6.07) is 11.5. The van der Waals surface area contributed by atoms with Crippen LogP contribution < -0.4 is 16.2 Å². The van der Waals surface area contributed by atoms with Gasteiger partial charge in [-0.15, -0.1) is 0 Å². The van der Waals surface area contributed by atoms with Crippen LogP contribution in [0.15, 0.2) is 47.4 Å². The first-order chi connectivity index (χ1) is 15.9. The number of nitrogens with one attached hydrogen (secondary N) is 2. The molecule has 0 bridgehead atoms. The molecule has 2 heterocycles. The summed E-state index contributed by atoms with van der Waals surface area (Å²) in [6.07, 6.45) is 2.71. The lowest BCUT2D eigenvalue weighted by Gasteiger charge is -2.16. The van der Waals surface area contributed by atoms with E-state index in [1.54, 1.807) is 25.3 Å². The van der Waals surface area contributed by atoms with Crippen molar-refractivity contribution in [1.29, 1.82) is 5.26 Å². The molecule has 2 N–H and O–H groups in total. The minimum atomic E-state index is -0.619. The number of hydrogen-bond acceptors (Lipinski definition) is 5. The molecule has 4 rings (SSSR count). The Morgan fingerprint density at radius 1 is 1.24 bits per heavy atom. The fourth-order valence-corrected chi connectivity index (χ4v) is 4.17. The van der Waals surface area contributed by atoms with Gasteiger partial charge in [0.2, 0.25) is 5.91 Å². The molecule has 1 unspecified atom stereocenters. The Bertz CT molecular complexity index is 1310. The Labute approximate surface area is 190 Å². The minimum absolute atomic E-state index is 0.128. The number of carbonyl (C=O) groups is 1. The first-order valence-corrected chi connectivity index (χ1v) is 10.7. The molecular formula is C25H24FN5O2. The third-order valence-electron chi connectivity index (χ3n) is 5.85. The van der Waals surface area contributed by atoms with E-state index in [4.69, 9.17) is 5.26 Å². The van der Waals surface area contributed by atoms with E-state index < -0.39 is 6.04 Å². The largest absolute Gasteiger partial charge is 0.361 e. The van der Waals surface area contributed by atoms with Crippen LogP contribution in [-0.2, 0) is 24.3 Å². The molecule has 0 aliphatic carbocycles. The van der Waals surface area contributed by atoms with E-state index in [0.29, 0.717) is 36.2 Å². The van der Waals surface area contributed by atoms with E-state index in [1.807, 2.05) is 19.1 Å². The number of hydrogen-bond donors (Lipinski definition) is 2. The molecule has 0 spiro atoms. The molecule has 3 aromatic rings. The third kappa shape index (κ3) is 4.77. The number of halogens is 1. The summed E-state index contributed by atoms with van der Waals surface area (Å²) in [4.78, 5) is 30.2. The van der Waals surface area contributed by atoms with Crippen LogP contribution in [0.25, 0.3) is 0 Å². The molecular weight excluding hydrogens is 421 g/mol. The molecule has 0 saturated carbocycles. The maximum atomic E-state index is 13.6. The average molecular weight is 445 g/mol. The van der Waals surface area contributed by atoms with E-state index in [2.05, 4.69) is 21.7 Å². The normalized spacial score (nSPS) is 14.4. The summed E-state index contributed by atoms with van der Waals surface area (Å²) >= 11 is 0. The lowest BCUT2D eigenvalue weighted by Crippen LogP contribution is -2.36. The molecule has 33 heavy (non-hydrogen) atoms. The van der Waals surface area contributed by atoms with Crippen LogP contribution in [0.2, 0.25) is 0 Å². The average Bonchev–Trinajstić information content (AvgIpc) is 3.22. The van der Waals surface area contributed by atoms with Gasteiger partial charge in [-0.2, -0.15) is 5.26 Å². The van der Waals surface area contributed by atoms with E-state index in [0.717, 1.165) is 16.7 Å². The van der Waals surface area contributed by atoms with Gasteiger partial charge in [0, 0.05) is 25.0 Å². The van der Waals surface area contributed by atoms with E-state index in [9.17, 15) is 14.0 Å². The molecule has 2 aromatic carbocycles. The van der Waals surface area contributed by atoms with Crippen molar-refractivity contribution in [3.63, 3.8) is 0 Å². The Morgan fingerprint density at radius 2 is 2.06 bits per heavy atom. The van der Waals surface area contributed by atoms with Crippen molar-refractivity contribution in [1.82, 2.24) is 14.9 Å². The number of rotatable bonds is 6. The standard InChI is InChI=1S/C25H24FN5O2/c1-15-7-18(10-20(26)8-15)12-28-23-25(33)31-21(14-29-23)5-6-22(31)24(32)30-13-19-4-3-17(11-27)9-16(19)2/h3-4,7-10,14,22H,5-6,12-13H2,1-2H3,(H,28,29)(H,30,32). The molecule has 1 atom stereocenters. The molecule has 1 aliphatic rings. The summed E-state index contributed by atoms with van der Waals surface area (Å²) in [5.41, 5.74) is 4.23. The zero-order valence-corrected chi connectivity index (χ0v) is 18.5. The van der Waals surface area contributed by atoms with Gasteiger partial charge in [0.1, 0.15) is 11.9 Å². The summed E-state index contributed by atoms with van der Waals surface area (Å²) in [5, 5.41) is 14.9. The smallest absolute Gasteiger partial charge is 0.294 e. The number of aryl methyl sites for hydroxylation is 3. The number of carbonyl (C=O) groups excluding carboxylic acids is 1. The van der Waals surface area contributed by atoms with Crippen molar-refractivity contribution in [3.05, 3.63) is 92.3 Å². The van der Waals surface area contributed by atoms with E-state index >= 15 is 0 Å². The molecule has 0 saturated heterocycles. The van der Waals surface area contributed by atoms with Crippen molar-refractivity contribution in [2.45, 2.75) is 45.8 Å². The number of aromatic nitrogens is 2. The predicted octanol–water partition coefficient (Wildman–Crippen LogP) is 3.29. The Kier molecular flexibility index (Phi) is 6.22. The fraction of sp³-hybridized carbons (Fsp3) is 0.280. The van der Waals surface area contributed by atoms with Gasteiger partial charge >= 0.3 is 0 Å². The topological polar surface area (TPSA) is 99.8 Å². The van der Waals surface area contributed by atoms with Gasteiger partial charge in [0.05, 0.1) is 11.6 Å². The number of nitriles is 1. The van der Waals surface area contributed by atoms with Crippen LogP contribution in [-0.4, -0.2) is 15.5 Å². The van der Waals surface area contributed by atoms with Crippen LogP contribution in [0, 0.1) is 31.0 Å². The highest BCUT2D eigenvalue weighted by Gasteiger charge is 2.30. The van der Waals surface area contributed by atoms with Crippen molar-refractivity contribution >= 4 is 11.7 Å². The fourth-order valence-electron chi connectivity index (χ4n) is 4.17. The highest BCUT2D eigenvalue weighted by Crippen LogP contribution is 2.24. The molecule has 1 aliphatic heterocycles. The second kappa shape index (κ2) is 9.25. The van der Waals surface area contributed by atoms with E-state index in [-0.39, 0.29) is 29.6 Å². The van der Waals surface area contributed by atoms with Crippen LogP contribution in [0.5, 0.6) is 0 Å². The Morgan fingerprint density at radius 3 is 2.79 bits per heavy atom.